The zero-order valence-electron chi connectivity index (χ0n) is 19.5. The Morgan fingerprint density at radius 3 is 2.41 bits per heavy atom. The van der Waals surface area contributed by atoms with Gasteiger partial charge >= 0.3 is 0 Å². The van der Waals surface area contributed by atoms with Gasteiger partial charge in [-0.3, -0.25) is 9.69 Å². The van der Waals surface area contributed by atoms with E-state index in [4.69, 9.17) is 9.47 Å². The highest BCUT2D eigenvalue weighted by Crippen LogP contribution is 2.44. The van der Waals surface area contributed by atoms with Crippen LogP contribution in [0.1, 0.15) is 59.2 Å². The molecule has 4 nitrogen and oxygen atoms in total. The van der Waals surface area contributed by atoms with Gasteiger partial charge in [0.05, 0.1) is 5.56 Å². The summed E-state index contributed by atoms with van der Waals surface area (Å²) in [5.74, 6) is 1.84. The zero-order valence-corrected chi connectivity index (χ0v) is 19.5. The molecule has 4 heteroatoms. The van der Waals surface area contributed by atoms with Crippen LogP contribution in [0.25, 0.3) is 17.2 Å². The third kappa shape index (κ3) is 3.82. The number of fused-ring (bicyclic) bond motifs is 2. The zero-order chi connectivity index (χ0) is 23.1. The van der Waals surface area contributed by atoms with Gasteiger partial charge in [-0.05, 0) is 48.6 Å². The summed E-state index contributed by atoms with van der Waals surface area (Å²) < 4.78 is 12.3. The van der Waals surface area contributed by atoms with E-state index in [9.17, 15) is 4.79 Å². The predicted molar refractivity (Wildman–Crippen MR) is 134 cm³/mol. The van der Waals surface area contributed by atoms with Crippen molar-refractivity contribution in [2.24, 2.45) is 0 Å². The maximum atomic E-state index is 13.3. The molecule has 2 aliphatic heterocycles. The fourth-order valence-corrected chi connectivity index (χ4v) is 5.50. The molecule has 34 heavy (non-hydrogen) atoms. The molecule has 0 spiro atoms. The van der Waals surface area contributed by atoms with Gasteiger partial charge in [0.25, 0.3) is 0 Å². The van der Waals surface area contributed by atoms with Gasteiger partial charge in [-0.25, -0.2) is 0 Å². The number of nitrogens with zero attached hydrogens (tertiary/aromatic N) is 1. The lowest BCUT2D eigenvalue weighted by molar-refractivity contribution is 0.0397. The lowest BCUT2D eigenvalue weighted by Gasteiger charge is -2.37. The van der Waals surface area contributed by atoms with Crippen molar-refractivity contribution >= 4 is 11.9 Å². The Hall–Kier alpha value is -3.37. The molecule has 0 saturated heterocycles. The molecular formula is C30H29NO3. The van der Waals surface area contributed by atoms with E-state index >= 15 is 0 Å². The number of ketones is 1. The summed E-state index contributed by atoms with van der Waals surface area (Å²) in [4.78, 5) is 15.7. The fourth-order valence-electron chi connectivity index (χ4n) is 5.50. The quantitative estimate of drug-likeness (QED) is 0.412. The van der Waals surface area contributed by atoms with E-state index in [-0.39, 0.29) is 5.78 Å². The summed E-state index contributed by atoms with van der Waals surface area (Å²) in [5.41, 5.74) is 5.93. The third-order valence-corrected chi connectivity index (χ3v) is 7.37. The maximum Gasteiger partial charge on any atom is 0.231 e. The first kappa shape index (κ1) is 21.2. The van der Waals surface area contributed by atoms with Crippen LogP contribution < -0.4 is 9.47 Å². The standard InChI is InChI=1S/C30H29NO3/c1-20-29-24(18-31(19-33-29)25-10-6-3-7-11-25)17-26-28(32)27(34-30(20)26)16-21-12-14-23(15-13-21)22-8-4-2-5-9-22/h2,4-5,8-9,12-17,25H,3,6-7,10-11,18-19H2,1H3/b27-16-. The lowest BCUT2D eigenvalue weighted by Crippen LogP contribution is -2.41. The molecular weight excluding hydrogens is 422 g/mol. The molecule has 172 valence electrons. The van der Waals surface area contributed by atoms with Crippen molar-refractivity contribution in [1.29, 1.82) is 0 Å². The van der Waals surface area contributed by atoms with Crippen molar-refractivity contribution in [3.8, 4) is 22.6 Å². The number of rotatable bonds is 3. The van der Waals surface area contributed by atoms with Crippen molar-refractivity contribution in [2.75, 3.05) is 6.73 Å². The van der Waals surface area contributed by atoms with E-state index in [1.54, 1.807) is 0 Å². The minimum absolute atomic E-state index is 0.0529. The van der Waals surface area contributed by atoms with Gasteiger partial charge in [0, 0.05) is 23.7 Å². The van der Waals surface area contributed by atoms with Gasteiger partial charge in [-0.15, -0.1) is 0 Å². The molecule has 0 atom stereocenters. The van der Waals surface area contributed by atoms with E-state index in [1.807, 2.05) is 49.4 Å². The Kier molecular flexibility index (Phi) is 5.46. The van der Waals surface area contributed by atoms with Gasteiger partial charge in [0.15, 0.2) is 5.76 Å². The molecule has 1 saturated carbocycles. The summed E-state index contributed by atoms with van der Waals surface area (Å²) in [5, 5.41) is 0. The van der Waals surface area contributed by atoms with Crippen LogP contribution in [0.15, 0.2) is 66.4 Å². The Balaban J connectivity index is 1.25. The number of carbonyl (C=O) groups is 1. The number of hydrogen-bond donors (Lipinski definition) is 0. The average Bonchev–Trinajstić information content (AvgIpc) is 3.20. The fraction of sp³-hybridized carbons (Fsp3) is 0.300. The highest BCUT2D eigenvalue weighted by Gasteiger charge is 2.34. The van der Waals surface area contributed by atoms with E-state index in [1.165, 1.54) is 37.7 Å². The second-order valence-electron chi connectivity index (χ2n) is 9.61. The lowest BCUT2D eigenvalue weighted by atomic mass is 9.93. The second kappa shape index (κ2) is 8.77. The SMILES string of the molecule is Cc1c2c(cc3c1O/C(=C\c1ccc(-c4ccccc4)cc1)C3=O)CN(C1CCCCC1)CO2. The molecule has 3 aromatic carbocycles. The molecule has 3 aromatic rings. The maximum absolute atomic E-state index is 13.3. The van der Waals surface area contributed by atoms with Gasteiger partial charge in [0.1, 0.15) is 18.2 Å². The van der Waals surface area contributed by atoms with Crippen LogP contribution in [0.3, 0.4) is 0 Å². The molecule has 0 bridgehead atoms. The van der Waals surface area contributed by atoms with Gasteiger partial charge in [-0.2, -0.15) is 0 Å². The summed E-state index contributed by atoms with van der Waals surface area (Å²) in [7, 11) is 0. The first-order valence-corrected chi connectivity index (χ1v) is 12.3. The smallest absolute Gasteiger partial charge is 0.231 e. The number of Topliss-reactive ketones (excluding diaryl/α,β-unsaturated/α-hetero) is 1. The molecule has 0 N–H and O–H groups in total. The summed E-state index contributed by atoms with van der Waals surface area (Å²) in [6, 6.07) is 21.0. The molecule has 6 rings (SSSR count). The molecule has 1 aliphatic carbocycles. The number of ether oxygens (including phenoxy) is 2. The first-order valence-electron chi connectivity index (χ1n) is 12.3. The van der Waals surface area contributed by atoms with Crippen molar-refractivity contribution in [3.05, 3.63) is 88.7 Å². The number of hydrogen-bond acceptors (Lipinski definition) is 4. The van der Waals surface area contributed by atoms with Crippen LogP contribution in [0.4, 0.5) is 0 Å². The minimum Gasteiger partial charge on any atom is -0.477 e. The van der Waals surface area contributed by atoms with Crippen LogP contribution in [0.2, 0.25) is 0 Å². The molecule has 0 amide bonds. The third-order valence-electron chi connectivity index (χ3n) is 7.37. The molecule has 0 unspecified atom stereocenters. The minimum atomic E-state index is -0.0529. The molecule has 0 aromatic heterocycles. The predicted octanol–water partition coefficient (Wildman–Crippen LogP) is 6.76. The summed E-state index contributed by atoms with van der Waals surface area (Å²) >= 11 is 0. The van der Waals surface area contributed by atoms with Crippen LogP contribution in [0.5, 0.6) is 11.5 Å². The number of carbonyl (C=O) groups excluding carboxylic acids is 1. The molecule has 3 aliphatic rings. The first-order chi connectivity index (χ1) is 16.7. The van der Waals surface area contributed by atoms with Crippen LogP contribution in [-0.2, 0) is 6.54 Å². The average molecular weight is 452 g/mol. The number of allylic oxidation sites excluding steroid dienone is 1. The van der Waals surface area contributed by atoms with Crippen molar-refractivity contribution in [1.82, 2.24) is 4.90 Å². The van der Waals surface area contributed by atoms with Gasteiger partial charge in [-0.1, -0.05) is 73.9 Å². The summed E-state index contributed by atoms with van der Waals surface area (Å²) in [6.45, 7) is 3.45. The Morgan fingerprint density at radius 2 is 1.65 bits per heavy atom. The topological polar surface area (TPSA) is 38.8 Å². The normalized spacial score (nSPS) is 19.4. The van der Waals surface area contributed by atoms with E-state index in [0.29, 0.717) is 29.8 Å². The largest absolute Gasteiger partial charge is 0.477 e. The van der Waals surface area contributed by atoms with Crippen molar-refractivity contribution in [3.63, 3.8) is 0 Å². The number of benzene rings is 3. The Labute approximate surface area is 200 Å². The highest BCUT2D eigenvalue weighted by molar-refractivity contribution is 6.15. The van der Waals surface area contributed by atoms with E-state index in [0.717, 1.165) is 34.5 Å². The molecule has 1 fully saturated rings. The Morgan fingerprint density at radius 1 is 0.912 bits per heavy atom. The Bertz CT molecular complexity index is 1250. The van der Waals surface area contributed by atoms with E-state index < -0.39 is 0 Å². The van der Waals surface area contributed by atoms with Gasteiger partial charge < -0.3 is 9.47 Å². The van der Waals surface area contributed by atoms with E-state index in [2.05, 4.69) is 29.2 Å². The van der Waals surface area contributed by atoms with Crippen LogP contribution >= 0.6 is 0 Å². The second-order valence-corrected chi connectivity index (χ2v) is 9.61. The highest BCUT2D eigenvalue weighted by atomic mass is 16.5. The molecule has 0 radical (unpaired) electrons. The van der Waals surface area contributed by atoms with Crippen LogP contribution in [-0.4, -0.2) is 23.5 Å². The van der Waals surface area contributed by atoms with Crippen LogP contribution in [0, 0.1) is 6.92 Å². The van der Waals surface area contributed by atoms with Gasteiger partial charge in [0.2, 0.25) is 5.78 Å². The van der Waals surface area contributed by atoms with Crippen molar-refractivity contribution in [2.45, 2.75) is 51.6 Å². The monoisotopic (exact) mass is 451 g/mol. The van der Waals surface area contributed by atoms with Crippen molar-refractivity contribution < 1.29 is 14.3 Å². The molecule has 2 heterocycles. The summed E-state index contributed by atoms with van der Waals surface area (Å²) in [6.07, 6.45) is 8.24.